The molecule has 0 saturated carbocycles. The Bertz CT molecular complexity index is 3090. The third-order valence-corrected chi connectivity index (χ3v) is 10.9. The van der Waals surface area contributed by atoms with Crippen LogP contribution in [0.5, 0.6) is 0 Å². The maximum absolute atomic E-state index is 6.67. The molecule has 0 atom stereocenters. The molecule has 53 heavy (non-hydrogen) atoms. The molecule has 2 nitrogen and oxygen atoms in total. The van der Waals surface area contributed by atoms with Crippen molar-refractivity contribution in [3.05, 3.63) is 181 Å². The van der Waals surface area contributed by atoms with Crippen molar-refractivity contribution in [2.45, 2.75) is 6.92 Å². The summed E-state index contributed by atoms with van der Waals surface area (Å²) in [5.41, 5.74) is 12.3. The largest absolute Gasteiger partial charge is 0.456 e. The maximum atomic E-state index is 6.67. The first-order valence-corrected chi connectivity index (χ1v) is 18.2. The molecule has 0 saturated heterocycles. The number of furan rings is 2. The fourth-order valence-corrected chi connectivity index (χ4v) is 8.41. The molecule has 2 heteroatoms. The maximum Gasteiger partial charge on any atom is 0.136 e. The molecular formula is C51H32O2. The molecule has 11 rings (SSSR count). The highest BCUT2D eigenvalue weighted by atomic mass is 16.3. The van der Waals surface area contributed by atoms with Gasteiger partial charge in [-0.2, -0.15) is 0 Å². The molecule has 0 radical (unpaired) electrons. The van der Waals surface area contributed by atoms with Crippen LogP contribution < -0.4 is 0 Å². The van der Waals surface area contributed by atoms with Gasteiger partial charge in [-0.05, 0) is 109 Å². The van der Waals surface area contributed by atoms with Gasteiger partial charge in [0, 0.05) is 21.9 Å². The second kappa shape index (κ2) is 11.6. The first kappa shape index (κ1) is 29.8. The van der Waals surface area contributed by atoms with E-state index >= 15 is 0 Å². The summed E-state index contributed by atoms with van der Waals surface area (Å²) < 4.78 is 13.3. The highest BCUT2D eigenvalue weighted by Gasteiger charge is 2.24. The van der Waals surface area contributed by atoms with Crippen LogP contribution in [0.1, 0.15) is 5.56 Å². The Morgan fingerprint density at radius 2 is 0.774 bits per heavy atom. The van der Waals surface area contributed by atoms with Gasteiger partial charge in [0.25, 0.3) is 0 Å². The van der Waals surface area contributed by atoms with Crippen molar-refractivity contribution in [2.24, 2.45) is 0 Å². The lowest BCUT2D eigenvalue weighted by molar-refractivity contribution is 0.632. The van der Waals surface area contributed by atoms with E-state index in [1.54, 1.807) is 0 Å². The smallest absolute Gasteiger partial charge is 0.136 e. The Hall–Kier alpha value is -6.90. The van der Waals surface area contributed by atoms with E-state index in [0.717, 1.165) is 55.4 Å². The van der Waals surface area contributed by atoms with Crippen LogP contribution in [0.3, 0.4) is 0 Å². The quantitative estimate of drug-likeness (QED) is 0.170. The van der Waals surface area contributed by atoms with Crippen LogP contribution in [0.4, 0.5) is 0 Å². The van der Waals surface area contributed by atoms with E-state index in [1.807, 2.05) is 24.3 Å². The van der Waals surface area contributed by atoms with Gasteiger partial charge in [-0.15, -0.1) is 0 Å². The summed E-state index contributed by atoms with van der Waals surface area (Å²) >= 11 is 0. The molecule has 0 bridgehead atoms. The number of benzene rings is 9. The van der Waals surface area contributed by atoms with Gasteiger partial charge in [0.05, 0.1) is 0 Å². The monoisotopic (exact) mass is 676 g/mol. The predicted octanol–water partition coefficient (Wildman–Crippen LogP) is 14.7. The van der Waals surface area contributed by atoms with Gasteiger partial charge >= 0.3 is 0 Å². The fourth-order valence-electron chi connectivity index (χ4n) is 8.41. The third kappa shape index (κ3) is 4.66. The molecule has 2 heterocycles. The van der Waals surface area contributed by atoms with Crippen molar-refractivity contribution in [3.8, 4) is 56.0 Å². The highest BCUT2D eigenvalue weighted by Crippen LogP contribution is 2.50. The van der Waals surface area contributed by atoms with E-state index in [-0.39, 0.29) is 0 Å². The van der Waals surface area contributed by atoms with Crippen LogP contribution >= 0.6 is 0 Å². The molecule has 2 aromatic heterocycles. The van der Waals surface area contributed by atoms with Gasteiger partial charge in [-0.25, -0.2) is 0 Å². The second-order valence-electron chi connectivity index (χ2n) is 14.1. The van der Waals surface area contributed by atoms with Crippen LogP contribution in [-0.2, 0) is 0 Å². The average molecular weight is 677 g/mol. The number of hydrogen-bond donors (Lipinski definition) is 0. The first-order chi connectivity index (χ1) is 26.2. The summed E-state index contributed by atoms with van der Waals surface area (Å²) in [5, 5.41) is 9.38. The van der Waals surface area contributed by atoms with Crippen molar-refractivity contribution in [3.63, 3.8) is 0 Å². The molecule has 0 aliphatic rings. The zero-order chi connectivity index (χ0) is 35.0. The van der Waals surface area contributed by atoms with Crippen molar-refractivity contribution in [1.29, 1.82) is 0 Å². The molecular weight excluding hydrogens is 645 g/mol. The highest BCUT2D eigenvalue weighted by molar-refractivity contribution is 6.32. The summed E-state index contributed by atoms with van der Waals surface area (Å²) in [5.74, 6) is 1.73. The van der Waals surface area contributed by atoms with Gasteiger partial charge in [-0.3, -0.25) is 0 Å². The number of rotatable bonds is 5. The summed E-state index contributed by atoms with van der Waals surface area (Å²) in [4.78, 5) is 0. The molecule has 0 aliphatic heterocycles. The Kier molecular flexibility index (Phi) is 6.50. The molecule has 0 aliphatic carbocycles. The van der Waals surface area contributed by atoms with E-state index < -0.39 is 0 Å². The average Bonchev–Trinajstić information content (AvgIpc) is 3.85. The van der Waals surface area contributed by atoms with Crippen molar-refractivity contribution >= 4 is 54.3 Å². The molecule has 11 aromatic rings. The van der Waals surface area contributed by atoms with Crippen LogP contribution in [-0.4, -0.2) is 0 Å². The molecule has 0 N–H and O–H groups in total. The topological polar surface area (TPSA) is 26.3 Å². The Balaban J connectivity index is 1.31. The Morgan fingerprint density at radius 3 is 1.36 bits per heavy atom. The van der Waals surface area contributed by atoms with Crippen LogP contribution in [0.25, 0.3) is 110 Å². The lowest BCUT2D eigenvalue weighted by atomic mass is 9.82. The normalized spacial score (nSPS) is 11.9. The molecule has 248 valence electrons. The second-order valence-corrected chi connectivity index (χ2v) is 14.1. The third-order valence-electron chi connectivity index (χ3n) is 10.9. The fraction of sp³-hybridized carbons (Fsp3) is 0.0196. The zero-order valence-electron chi connectivity index (χ0n) is 29.1. The van der Waals surface area contributed by atoms with Gasteiger partial charge in [0.15, 0.2) is 0 Å². The lowest BCUT2D eigenvalue weighted by Crippen LogP contribution is -1.94. The molecule has 0 amide bonds. The summed E-state index contributed by atoms with van der Waals surface area (Å²) in [7, 11) is 0. The first-order valence-electron chi connectivity index (χ1n) is 18.2. The van der Waals surface area contributed by atoms with E-state index in [4.69, 9.17) is 8.83 Å². The number of fused-ring (bicyclic) bond motifs is 2. The van der Waals surface area contributed by atoms with Gasteiger partial charge in [0.1, 0.15) is 22.7 Å². The van der Waals surface area contributed by atoms with E-state index in [9.17, 15) is 0 Å². The van der Waals surface area contributed by atoms with Crippen molar-refractivity contribution in [2.75, 3.05) is 0 Å². The molecule has 0 spiro atoms. The standard InChI is InChI=1S/C51H32O2/c1-31-19-21-33(22-20-31)42-29-44(48-27-34-13-5-9-17-46(34)52-48)40-26-24-39-43(37-16-8-7-15-36(37)32-11-3-2-4-12-32)30-45(41-25-23-38(42)50(40)51(39)41)49-28-35-14-6-10-18-47(35)53-49/h2-30H,1H3. The van der Waals surface area contributed by atoms with Crippen LogP contribution in [0.2, 0.25) is 0 Å². The minimum atomic E-state index is 0.860. The lowest BCUT2D eigenvalue weighted by Gasteiger charge is -2.21. The summed E-state index contributed by atoms with van der Waals surface area (Å²) in [6.45, 7) is 2.14. The minimum Gasteiger partial charge on any atom is -0.456 e. The SMILES string of the molecule is Cc1ccc(-c2cc(-c3cc4ccccc4o3)c3ccc4c(-c5ccccc5-c5ccccc5)cc(-c5cc6ccccc6o5)c5ccc2c3c54)cc1. The van der Waals surface area contributed by atoms with Crippen molar-refractivity contribution in [1.82, 2.24) is 0 Å². The molecule has 0 fully saturated rings. The van der Waals surface area contributed by atoms with Crippen molar-refractivity contribution < 1.29 is 8.83 Å². The zero-order valence-corrected chi connectivity index (χ0v) is 29.1. The minimum absolute atomic E-state index is 0.860. The predicted molar refractivity (Wildman–Crippen MR) is 222 cm³/mol. The number of aryl methyl sites for hydroxylation is 1. The van der Waals surface area contributed by atoms with Crippen LogP contribution in [0.15, 0.2) is 185 Å². The Labute approximate surface area is 306 Å². The summed E-state index contributed by atoms with van der Waals surface area (Å²) in [6, 6.07) is 63.2. The van der Waals surface area contributed by atoms with Gasteiger partial charge in [-0.1, -0.05) is 145 Å². The number of para-hydroxylation sites is 2. The number of hydrogen-bond acceptors (Lipinski definition) is 2. The molecule has 9 aromatic carbocycles. The van der Waals surface area contributed by atoms with E-state index in [1.165, 1.54) is 60.5 Å². The van der Waals surface area contributed by atoms with E-state index in [0.29, 0.717) is 0 Å². The molecule has 0 unspecified atom stereocenters. The Morgan fingerprint density at radius 1 is 0.321 bits per heavy atom. The van der Waals surface area contributed by atoms with E-state index in [2.05, 4.69) is 159 Å². The van der Waals surface area contributed by atoms with Gasteiger partial charge in [0.2, 0.25) is 0 Å². The summed E-state index contributed by atoms with van der Waals surface area (Å²) in [6.07, 6.45) is 0. The van der Waals surface area contributed by atoms with Gasteiger partial charge < -0.3 is 8.83 Å². The van der Waals surface area contributed by atoms with Crippen LogP contribution in [0, 0.1) is 6.92 Å².